The number of rotatable bonds is 3. The monoisotopic (exact) mass is 255 g/mol. The molecule has 0 aliphatic carbocycles. The number of thiazole rings is 1. The average molecular weight is 255 g/mol. The number of aryl methyl sites for hydroxylation is 1. The molecule has 1 aromatic rings. The number of nitrogens with zero attached hydrogens (tertiary/aromatic N) is 2. The number of carbonyl (C=O) groups excluding carboxylic acids is 1. The molecule has 1 atom stereocenters. The smallest absolute Gasteiger partial charge is 0.240 e. The molecule has 0 bridgehead atoms. The number of aliphatic hydroxyl groups excluding tert-OH is 1. The van der Waals surface area contributed by atoms with Gasteiger partial charge in [0, 0.05) is 11.9 Å². The third kappa shape index (κ3) is 3.76. The molecule has 1 aliphatic heterocycles. The Labute approximate surface area is 104 Å². The Hall–Kier alpha value is -0.980. The van der Waals surface area contributed by atoms with Crippen molar-refractivity contribution in [2.24, 2.45) is 0 Å². The van der Waals surface area contributed by atoms with E-state index in [4.69, 9.17) is 0 Å². The van der Waals surface area contributed by atoms with Crippen LogP contribution >= 0.6 is 11.3 Å². The van der Waals surface area contributed by atoms with E-state index in [1.54, 1.807) is 0 Å². The van der Waals surface area contributed by atoms with E-state index in [-0.39, 0.29) is 12.0 Å². The number of piperidine rings is 1. The van der Waals surface area contributed by atoms with Gasteiger partial charge in [-0.15, -0.1) is 11.3 Å². The maximum Gasteiger partial charge on any atom is 0.240 e. The Morgan fingerprint density at radius 1 is 1.76 bits per heavy atom. The van der Waals surface area contributed by atoms with Gasteiger partial charge in [-0.05, 0) is 26.3 Å². The van der Waals surface area contributed by atoms with E-state index in [9.17, 15) is 9.90 Å². The van der Waals surface area contributed by atoms with Gasteiger partial charge in [-0.1, -0.05) is 0 Å². The number of anilines is 1. The summed E-state index contributed by atoms with van der Waals surface area (Å²) in [5.41, 5.74) is 0.915. The summed E-state index contributed by atoms with van der Waals surface area (Å²) in [5, 5.41) is 14.8. The van der Waals surface area contributed by atoms with Gasteiger partial charge in [0.25, 0.3) is 0 Å². The number of aromatic nitrogens is 1. The third-order valence-corrected chi connectivity index (χ3v) is 3.59. The minimum Gasteiger partial charge on any atom is -0.392 e. The second kappa shape index (κ2) is 5.57. The molecule has 0 saturated carbocycles. The van der Waals surface area contributed by atoms with E-state index in [0.29, 0.717) is 18.2 Å². The number of aliphatic hydroxyl groups is 1. The molecular weight excluding hydrogens is 238 g/mol. The van der Waals surface area contributed by atoms with E-state index in [2.05, 4.69) is 10.3 Å². The molecule has 1 aromatic heterocycles. The quantitative estimate of drug-likeness (QED) is 0.840. The molecule has 1 fully saturated rings. The molecule has 2 heterocycles. The molecule has 0 aromatic carbocycles. The zero-order valence-corrected chi connectivity index (χ0v) is 10.7. The van der Waals surface area contributed by atoms with E-state index in [1.807, 2.05) is 17.2 Å². The zero-order valence-electron chi connectivity index (χ0n) is 9.85. The summed E-state index contributed by atoms with van der Waals surface area (Å²) in [5.74, 6) is -0.0616. The summed E-state index contributed by atoms with van der Waals surface area (Å²) in [6.07, 6.45) is 1.49. The fourth-order valence-electron chi connectivity index (χ4n) is 1.95. The van der Waals surface area contributed by atoms with Crippen molar-refractivity contribution in [2.75, 3.05) is 25.0 Å². The summed E-state index contributed by atoms with van der Waals surface area (Å²) in [4.78, 5) is 17.9. The van der Waals surface area contributed by atoms with Gasteiger partial charge in [-0.3, -0.25) is 9.69 Å². The van der Waals surface area contributed by atoms with Gasteiger partial charge in [-0.2, -0.15) is 0 Å². The van der Waals surface area contributed by atoms with Crippen LogP contribution in [-0.2, 0) is 4.79 Å². The number of amides is 1. The molecule has 2 N–H and O–H groups in total. The maximum atomic E-state index is 11.7. The number of hydrogen-bond acceptors (Lipinski definition) is 5. The second-order valence-electron chi connectivity index (χ2n) is 4.37. The third-order valence-electron chi connectivity index (χ3n) is 2.71. The number of hydrogen-bond donors (Lipinski definition) is 2. The fourth-order valence-corrected chi connectivity index (χ4v) is 2.65. The van der Waals surface area contributed by atoms with Gasteiger partial charge in [0.1, 0.15) is 0 Å². The van der Waals surface area contributed by atoms with Gasteiger partial charge < -0.3 is 10.4 Å². The Balaban J connectivity index is 1.80. The number of likely N-dealkylation sites (tertiary alicyclic amines) is 1. The SMILES string of the molecule is Cc1csc(NC(=O)CN2CCC[C@@H](O)C2)n1. The van der Waals surface area contributed by atoms with Gasteiger partial charge in [-0.25, -0.2) is 4.98 Å². The van der Waals surface area contributed by atoms with Crippen LogP contribution in [0.25, 0.3) is 0 Å². The highest BCUT2D eigenvalue weighted by Gasteiger charge is 2.19. The van der Waals surface area contributed by atoms with Gasteiger partial charge in [0.2, 0.25) is 5.91 Å². The lowest BCUT2D eigenvalue weighted by Gasteiger charge is -2.29. The fraction of sp³-hybridized carbons (Fsp3) is 0.636. The normalized spacial score (nSPS) is 21.4. The first-order valence-corrected chi connectivity index (χ1v) is 6.64. The highest BCUT2D eigenvalue weighted by molar-refractivity contribution is 7.13. The molecule has 2 rings (SSSR count). The Kier molecular flexibility index (Phi) is 4.09. The van der Waals surface area contributed by atoms with Crippen molar-refractivity contribution in [3.63, 3.8) is 0 Å². The first-order valence-electron chi connectivity index (χ1n) is 5.76. The van der Waals surface area contributed by atoms with Crippen molar-refractivity contribution in [2.45, 2.75) is 25.9 Å². The lowest BCUT2D eigenvalue weighted by atomic mass is 10.1. The summed E-state index contributed by atoms with van der Waals surface area (Å²) >= 11 is 1.43. The summed E-state index contributed by atoms with van der Waals surface area (Å²) in [6.45, 7) is 3.69. The van der Waals surface area contributed by atoms with Crippen molar-refractivity contribution in [3.05, 3.63) is 11.1 Å². The van der Waals surface area contributed by atoms with Crippen molar-refractivity contribution < 1.29 is 9.90 Å². The van der Waals surface area contributed by atoms with Crippen molar-refractivity contribution in [1.29, 1.82) is 0 Å². The molecule has 1 saturated heterocycles. The van der Waals surface area contributed by atoms with E-state index >= 15 is 0 Å². The molecule has 0 unspecified atom stereocenters. The molecule has 0 radical (unpaired) electrons. The first-order chi connectivity index (χ1) is 8.13. The van der Waals surface area contributed by atoms with E-state index < -0.39 is 0 Å². The number of carbonyl (C=O) groups is 1. The number of β-amino-alcohol motifs (C(OH)–C–C–N with tert-alkyl or cyclic N) is 1. The Morgan fingerprint density at radius 2 is 2.59 bits per heavy atom. The van der Waals surface area contributed by atoms with Crippen LogP contribution in [0.15, 0.2) is 5.38 Å². The predicted molar refractivity (Wildman–Crippen MR) is 67.2 cm³/mol. The highest BCUT2D eigenvalue weighted by atomic mass is 32.1. The minimum atomic E-state index is -0.293. The second-order valence-corrected chi connectivity index (χ2v) is 5.23. The standard InChI is InChI=1S/C11H17N3O2S/c1-8-7-17-11(12-8)13-10(16)6-14-4-2-3-9(15)5-14/h7,9,15H,2-6H2,1H3,(H,12,13,16)/t9-/m1/s1. The summed E-state index contributed by atoms with van der Waals surface area (Å²) in [6, 6.07) is 0. The Morgan fingerprint density at radius 3 is 3.24 bits per heavy atom. The maximum absolute atomic E-state index is 11.7. The minimum absolute atomic E-state index is 0.0616. The van der Waals surface area contributed by atoms with Crippen LogP contribution in [-0.4, -0.2) is 46.6 Å². The van der Waals surface area contributed by atoms with Crippen molar-refractivity contribution in [1.82, 2.24) is 9.88 Å². The molecule has 6 heteroatoms. The van der Waals surface area contributed by atoms with Crippen LogP contribution in [0.5, 0.6) is 0 Å². The zero-order chi connectivity index (χ0) is 12.3. The van der Waals surface area contributed by atoms with Crippen LogP contribution in [0.1, 0.15) is 18.5 Å². The van der Waals surface area contributed by atoms with Crippen LogP contribution in [0, 0.1) is 6.92 Å². The molecule has 5 nitrogen and oxygen atoms in total. The van der Waals surface area contributed by atoms with Crippen molar-refractivity contribution in [3.8, 4) is 0 Å². The molecule has 94 valence electrons. The summed E-state index contributed by atoms with van der Waals surface area (Å²) < 4.78 is 0. The van der Waals surface area contributed by atoms with Crippen LogP contribution < -0.4 is 5.32 Å². The largest absolute Gasteiger partial charge is 0.392 e. The van der Waals surface area contributed by atoms with Gasteiger partial charge >= 0.3 is 0 Å². The molecular formula is C11H17N3O2S. The molecule has 0 spiro atoms. The van der Waals surface area contributed by atoms with Crippen LogP contribution in [0.3, 0.4) is 0 Å². The first kappa shape index (κ1) is 12.5. The highest BCUT2D eigenvalue weighted by Crippen LogP contribution is 2.15. The van der Waals surface area contributed by atoms with Crippen molar-refractivity contribution >= 4 is 22.4 Å². The van der Waals surface area contributed by atoms with Crippen LogP contribution in [0.2, 0.25) is 0 Å². The Bertz CT molecular complexity index is 394. The summed E-state index contributed by atoms with van der Waals surface area (Å²) in [7, 11) is 0. The molecule has 1 aliphatic rings. The lowest BCUT2D eigenvalue weighted by Crippen LogP contribution is -2.42. The topological polar surface area (TPSA) is 65.5 Å². The average Bonchev–Trinajstić information content (AvgIpc) is 2.63. The number of nitrogens with one attached hydrogen (secondary N) is 1. The van der Waals surface area contributed by atoms with Crippen LogP contribution in [0.4, 0.5) is 5.13 Å². The molecule has 1 amide bonds. The van der Waals surface area contributed by atoms with E-state index in [0.717, 1.165) is 25.1 Å². The molecule has 17 heavy (non-hydrogen) atoms. The van der Waals surface area contributed by atoms with E-state index in [1.165, 1.54) is 11.3 Å². The van der Waals surface area contributed by atoms with Gasteiger partial charge in [0.05, 0.1) is 18.3 Å². The lowest BCUT2D eigenvalue weighted by molar-refractivity contribution is -0.118. The predicted octanol–water partition coefficient (Wildman–Crippen LogP) is 0.847. The van der Waals surface area contributed by atoms with Gasteiger partial charge in [0.15, 0.2) is 5.13 Å².